The van der Waals surface area contributed by atoms with Crippen LogP contribution in [-0.2, 0) is 43.7 Å². The van der Waals surface area contributed by atoms with E-state index in [1.165, 1.54) is 35.5 Å². The highest BCUT2D eigenvalue weighted by Gasteiger charge is 2.40. The van der Waals surface area contributed by atoms with Gasteiger partial charge in [0, 0.05) is 65.0 Å². The van der Waals surface area contributed by atoms with Crippen LogP contribution in [0.5, 0.6) is 0 Å². The average Bonchev–Trinajstić information content (AvgIpc) is 3.28. The van der Waals surface area contributed by atoms with Crippen molar-refractivity contribution in [3.05, 3.63) is 46.8 Å². The number of aryl methyl sites for hydroxylation is 1. The van der Waals surface area contributed by atoms with E-state index in [0.29, 0.717) is 51.5 Å². The Balaban J connectivity index is 1.21. The molecule has 1 unspecified atom stereocenters. The molecule has 2 fully saturated rings. The molecule has 4 heterocycles. The zero-order chi connectivity index (χ0) is 30.8. The number of amides is 2. The maximum absolute atomic E-state index is 13.1. The van der Waals surface area contributed by atoms with Gasteiger partial charge in [-0.05, 0) is 68.2 Å². The zero-order valence-electron chi connectivity index (χ0n) is 25.1. The van der Waals surface area contributed by atoms with Crippen molar-refractivity contribution in [1.29, 1.82) is 0 Å². The van der Waals surface area contributed by atoms with E-state index < -0.39 is 16.0 Å². The number of rotatable bonds is 8. The highest BCUT2D eigenvalue weighted by molar-refractivity contribution is 7.89. The lowest BCUT2D eigenvalue weighted by molar-refractivity contribution is -0.129. The van der Waals surface area contributed by atoms with E-state index in [2.05, 4.69) is 5.32 Å². The van der Waals surface area contributed by atoms with Crippen LogP contribution in [0, 0.1) is 11.3 Å². The van der Waals surface area contributed by atoms with E-state index in [4.69, 9.17) is 14.6 Å². The summed E-state index contributed by atoms with van der Waals surface area (Å²) in [7, 11) is -3.74. The lowest BCUT2D eigenvalue weighted by Crippen LogP contribution is -2.49. The maximum atomic E-state index is 13.1. The number of hydrogen-bond donors (Lipinski definition) is 1. The van der Waals surface area contributed by atoms with Gasteiger partial charge in [0.05, 0.1) is 22.8 Å². The number of carbonyl (C=O) groups excluding carboxylic acids is 3. The van der Waals surface area contributed by atoms with Crippen LogP contribution in [-0.4, -0.2) is 97.7 Å². The number of carbonyl (C=O) groups is 3. The molecule has 3 aliphatic heterocycles. The number of sulfonamides is 1. The van der Waals surface area contributed by atoms with E-state index >= 15 is 0 Å². The van der Waals surface area contributed by atoms with E-state index in [0.717, 1.165) is 30.5 Å². The number of fused-ring (bicyclic) bond motifs is 1. The number of piperazine rings is 1. The summed E-state index contributed by atoms with van der Waals surface area (Å²) in [5.41, 5.74) is 2.68. The van der Waals surface area contributed by atoms with Crippen LogP contribution in [0.25, 0.3) is 0 Å². The summed E-state index contributed by atoms with van der Waals surface area (Å²) in [6.45, 7) is 9.28. The minimum absolute atomic E-state index is 0.0479. The van der Waals surface area contributed by atoms with Crippen molar-refractivity contribution < 1.29 is 32.3 Å². The molecular formula is C30H41N5O7S. The molecule has 2 saturated heterocycles. The van der Waals surface area contributed by atoms with Crippen molar-refractivity contribution in [1.82, 2.24) is 24.3 Å². The van der Waals surface area contributed by atoms with Gasteiger partial charge in [0.25, 0.3) is 5.91 Å². The third-order valence-electron chi connectivity index (χ3n) is 8.83. The third-order valence-corrected chi connectivity index (χ3v) is 10.7. The van der Waals surface area contributed by atoms with Gasteiger partial charge in [0.2, 0.25) is 15.9 Å². The smallest absolute Gasteiger partial charge is 0.338 e. The second-order valence-electron chi connectivity index (χ2n) is 11.9. The van der Waals surface area contributed by atoms with Crippen molar-refractivity contribution in [2.45, 2.75) is 57.9 Å². The molecule has 0 saturated carbocycles. The second kappa shape index (κ2) is 12.7. The van der Waals surface area contributed by atoms with Crippen molar-refractivity contribution in [2.75, 3.05) is 52.5 Å². The van der Waals surface area contributed by atoms with Crippen molar-refractivity contribution in [2.24, 2.45) is 11.3 Å². The van der Waals surface area contributed by atoms with Crippen LogP contribution < -0.4 is 5.32 Å². The predicted octanol–water partition coefficient (Wildman–Crippen LogP) is 1.87. The normalized spacial score (nSPS) is 19.8. The van der Waals surface area contributed by atoms with E-state index in [9.17, 15) is 22.8 Å². The summed E-state index contributed by atoms with van der Waals surface area (Å²) in [6.07, 6.45) is 3.07. The number of benzene rings is 1. The Morgan fingerprint density at radius 1 is 1.12 bits per heavy atom. The fourth-order valence-corrected chi connectivity index (χ4v) is 7.60. The summed E-state index contributed by atoms with van der Waals surface area (Å²) >= 11 is 0. The van der Waals surface area contributed by atoms with E-state index in [-0.39, 0.29) is 53.3 Å². The maximum Gasteiger partial charge on any atom is 0.338 e. The molecule has 0 aliphatic carbocycles. The van der Waals surface area contributed by atoms with Crippen LogP contribution >= 0.6 is 0 Å². The molecule has 12 nitrogen and oxygen atoms in total. The van der Waals surface area contributed by atoms with E-state index in [1.54, 1.807) is 9.58 Å². The summed E-state index contributed by atoms with van der Waals surface area (Å²) in [5.74, 6) is -0.764. The number of hydrogen-bond acceptors (Lipinski definition) is 8. The van der Waals surface area contributed by atoms with Gasteiger partial charge in [-0.2, -0.15) is 9.40 Å². The summed E-state index contributed by atoms with van der Waals surface area (Å²) in [4.78, 5) is 39.2. The first-order chi connectivity index (χ1) is 20.5. The first-order valence-electron chi connectivity index (χ1n) is 15.0. The van der Waals surface area contributed by atoms with Gasteiger partial charge in [-0.15, -0.1) is 0 Å². The number of ether oxygens (including phenoxy) is 2. The molecule has 234 valence electrons. The van der Waals surface area contributed by atoms with Crippen molar-refractivity contribution >= 4 is 27.8 Å². The fourth-order valence-electron chi connectivity index (χ4n) is 6.17. The first kappa shape index (κ1) is 31.1. The molecule has 0 bridgehead atoms. The molecule has 2 aromatic rings. The monoisotopic (exact) mass is 615 g/mol. The average molecular weight is 616 g/mol. The van der Waals surface area contributed by atoms with Crippen LogP contribution in [0.4, 0.5) is 0 Å². The van der Waals surface area contributed by atoms with Crippen molar-refractivity contribution in [3.8, 4) is 0 Å². The molecule has 1 spiro atoms. The van der Waals surface area contributed by atoms with Gasteiger partial charge < -0.3 is 19.7 Å². The zero-order valence-corrected chi connectivity index (χ0v) is 26.0. The quantitative estimate of drug-likeness (QED) is 0.444. The highest BCUT2D eigenvalue weighted by Crippen LogP contribution is 2.38. The number of esters is 1. The summed E-state index contributed by atoms with van der Waals surface area (Å²) < 4.78 is 40.5. The first-order valence-corrected chi connectivity index (χ1v) is 16.4. The standard InChI is InChI=1S/C30H41N5O7S/c1-4-35-27-25(18-30(20-31-28(27)37)9-15-41-16-10-30)26(32-35)17-21(2)19-42-29(38)23-5-7-24(8-6-23)43(39,40)34-13-11-33(12-14-34)22(3)36/h5-8,21H,4,9-20H2,1-3H3,(H,31,37). The number of nitrogens with zero attached hydrogens (tertiary/aromatic N) is 4. The molecule has 1 aromatic carbocycles. The van der Waals surface area contributed by atoms with Crippen molar-refractivity contribution in [3.63, 3.8) is 0 Å². The Morgan fingerprint density at radius 3 is 2.42 bits per heavy atom. The van der Waals surface area contributed by atoms with Crippen LogP contribution in [0.1, 0.15) is 65.7 Å². The molecule has 13 heteroatoms. The Bertz CT molecular complexity index is 1460. The highest BCUT2D eigenvalue weighted by atomic mass is 32.2. The van der Waals surface area contributed by atoms with Gasteiger partial charge in [0.15, 0.2) is 0 Å². The molecule has 0 radical (unpaired) electrons. The van der Waals surface area contributed by atoms with Gasteiger partial charge in [0.1, 0.15) is 5.69 Å². The fraction of sp³-hybridized carbons (Fsp3) is 0.600. The topological polar surface area (TPSA) is 140 Å². The Morgan fingerprint density at radius 2 is 1.79 bits per heavy atom. The predicted molar refractivity (Wildman–Crippen MR) is 157 cm³/mol. The van der Waals surface area contributed by atoms with Gasteiger partial charge in [-0.3, -0.25) is 14.3 Å². The Kier molecular flexibility index (Phi) is 9.23. The minimum Gasteiger partial charge on any atom is -0.462 e. The molecule has 43 heavy (non-hydrogen) atoms. The minimum atomic E-state index is -3.74. The molecule has 5 rings (SSSR count). The molecule has 1 N–H and O–H groups in total. The summed E-state index contributed by atoms with van der Waals surface area (Å²) in [5, 5.41) is 7.91. The second-order valence-corrected chi connectivity index (χ2v) is 13.8. The summed E-state index contributed by atoms with van der Waals surface area (Å²) in [6, 6.07) is 5.74. The lowest BCUT2D eigenvalue weighted by atomic mass is 9.75. The number of aromatic nitrogens is 2. The van der Waals surface area contributed by atoms with Crippen LogP contribution in [0.15, 0.2) is 29.2 Å². The third kappa shape index (κ3) is 6.63. The molecular weight excluding hydrogens is 574 g/mol. The van der Waals surface area contributed by atoms with E-state index in [1.807, 2.05) is 13.8 Å². The molecule has 2 amide bonds. The lowest BCUT2D eigenvalue weighted by Gasteiger charge is -2.36. The molecule has 1 atom stereocenters. The Hall–Kier alpha value is -3.29. The molecule has 3 aliphatic rings. The largest absolute Gasteiger partial charge is 0.462 e. The Labute approximate surface area is 252 Å². The van der Waals surface area contributed by atoms with Gasteiger partial charge >= 0.3 is 5.97 Å². The van der Waals surface area contributed by atoms with Gasteiger partial charge in [-0.25, -0.2) is 13.2 Å². The van der Waals surface area contributed by atoms with Gasteiger partial charge in [-0.1, -0.05) is 6.92 Å². The SMILES string of the molecule is CCn1nc(CC(C)COC(=O)c2ccc(S(=O)(=O)N3CCN(C(C)=O)CC3)cc2)c2c1C(=O)NCC1(CCOCC1)C2. The van der Waals surface area contributed by atoms with Crippen LogP contribution in [0.3, 0.4) is 0 Å². The number of nitrogens with one attached hydrogen (secondary N) is 1. The van der Waals surface area contributed by atoms with Crippen LogP contribution in [0.2, 0.25) is 0 Å². The molecule has 1 aromatic heterocycles.